The third kappa shape index (κ3) is 4.39. The Labute approximate surface area is 200 Å². The van der Waals surface area contributed by atoms with Crippen molar-refractivity contribution in [3.8, 4) is 0 Å². The Bertz CT molecular complexity index is 1410. The lowest BCUT2D eigenvalue weighted by molar-refractivity contribution is -0.130. The molecule has 3 aromatic heterocycles. The molecule has 1 atom stereocenters. The van der Waals surface area contributed by atoms with Gasteiger partial charge in [0.05, 0.1) is 41.7 Å². The normalized spacial score (nSPS) is 15.8. The number of rotatable bonds is 7. The Morgan fingerprint density at radius 3 is 2.85 bits per heavy atom. The second-order valence-electron chi connectivity index (χ2n) is 7.52. The van der Waals surface area contributed by atoms with Crippen LogP contribution in [0.3, 0.4) is 0 Å². The van der Waals surface area contributed by atoms with Gasteiger partial charge in [-0.05, 0) is 29.1 Å². The van der Waals surface area contributed by atoms with Gasteiger partial charge in [0.2, 0.25) is 0 Å². The number of H-pyrrole nitrogens is 1. The highest BCUT2D eigenvalue weighted by molar-refractivity contribution is 7.99. The molecule has 5 rings (SSSR count). The highest BCUT2D eigenvalue weighted by Gasteiger charge is 2.33. The molecule has 2 N–H and O–H groups in total. The number of fused-ring (bicyclic) bond motifs is 1. The number of aromatic amines is 1. The third-order valence-electron chi connectivity index (χ3n) is 5.35. The van der Waals surface area contributed by atoms with Crippen LogP contribution in [0.25, 0.3) is 11.0 Å². The Kier molecular flexibility index (Phi) is 6.26. The Hall–Kier alpha value is -3.35. The lowest BCUT2D eigenvalue weighted by Crippen LogP contribution is -2.28. The zero-order valence-electron chi connectivity index (χ0n) is 17.7. The van der Waals surface area contributed by atoms with Crippen molar-refractivity contribution in [1.82, 2.24) is 24.8 Å². The zero-order valence-corrected chi connectivity index (χ0v) is 19.4. The largest absolute Gasteiger partial charge is 0.394 e. The molecular formula is C22H19FN6O3S2. The van der Waals surface area contributed by atoms with Crippen molar-refractivity contribution in [3.63, 3.8) is 0 Å². The molecule has 0 bridgehead atoms. The SMILES string of the molecule is O=C(CSc1nc2c(cnn2CCO)c(=O)[nH]1)N1N=C(c2cccs2)C[C@@H]1c1ccc(F)cc1. The van der Waals surface area contributed by atoms with Crippen molar-refractivity contribution in [3.05, 3.63) is 74.6 Å². The fraction of sp³-hybridized carbons (Fsp3) is 0.227. The van der Waals surface area contributed by atoms with Crippen molar-refractivity contribution in [2.75, 3.05) is 12.4 Å². The molecule has 12 heteroatoms. The van der Waals surface area contributed by atoms with Crippen LogP contribution in [0, 0.1) is 5.82 Å². The van der Waals surface area contributed by atoms with E-state index >= 15 is 0 Å². The van der Waals surface area contributed by atoms with E-state index in [-0.39, 0.29) is 47.4 Å². The number of aliphatic hydroxyl groups is 1. The minimum absolute atomic E-state index is 0.0124. The second kappa shape index (κ2) is 9.49. The first-order valence-electron chi connectivity index (χ1n) is 10.4. The van der Waals surface area contributed by atoms with E-state index in [2.05, 4.69) is 20.2 Å². The summed E-state index contributed by atoms with van der Waals surface area (Å²) in [5, 5.41) is 21.8. The number of nitrogens with one attached hydrogen (secondary N) is 1. The Morgan fingerprint density at radius 2 is 2.12 bits per heavy atom. The average Bonchev–Trinajstić information content (AvgIpc) is 3.58. The maximum Gasteiger partial charge on any atom is 0.262 e. The third-order valence-corrected chi connectivity index (χ3v) is 7.13. The maximum absolute atomic E-state index is 13.5. The summed E-state index contributed by atoms with van der Waals surface area (Å²) in [5.74, 6) is -0.625. The number of hydrogen-bond acceptors (Lipinski definition) is 8. The summed E-state index contributed by atoms with van der Waals surface area (Å²) in [6, 6.07) is 9.59. The van der Waals surface area contributed by atoms with E-state index in [1.54, 1.807) is 23.5 Å². The zero-order chi connectivity index (χ0) is 23.7. The average molecular weight is 499 g/mol. The van der Waals surface area contributed by atoms with Crippen LogP contribution in [0.5, 0.6) is 0 Å². The summed E-state index contributed by atoms with van der Waals surface area (Å²) < 4.78 is 14.9. The summed E-state index contributed by atoms with van der Waals surface area (Å²) in [7, 11) is 0. The quantitative estimate of drug-likeness (QED) is 0.299. The van der Waals surface area contributed by atoms with Crippen molar-refractivity contribution in [1.29, 1.82) is 0 Å². The number of nitrogens with zero attached hydrogens (tertiary/aromatic N) is 5. The monoisotopic (exact) mass is 498 g/mol. The second-order valence-corrected chi connectivity index (χ2v) is 9.43. The Balaban J connectivity index is 1.39. The summed E-state index contributed by atoms with van der Waals surface area (Å²) in [6.45, 7) is 0.0624. The van der Waals surface area contributed by atoms with Gasteiger partial charge in [0.1, 0.15) is 11.2 Å². The first kappa shape index (κ1) is 22.4. The number of aromatic nitrogens is 4. The van der Waals surface area contributed by atoms with Gasteiger partial charge < -0.3 is 10.1 Å². The van der Waals surface area contributed by atoms with Crippen LogP contribution in [-0.4, -0.2) is 53.8 Å². The highest BCUT2D eigenvalue weighted by atomic mass is 32.2. The summed E-state index contributed by atoms with van der Waals surface area (Å²) in [5.41, 5.74) is 1.56. The van der Waals surface area contributed by atoms with Gasteiger partial charge in [-0.3, -0.25) is 9.59 Å². The summed E-state index contributed by atoms with van der Waals surface area (Å²) >= 11 is 2.63. The molecule has 0 saturated heterocycles. The van der Waals surface area contributed by atoms with Crippen molar-refractivity contribution in [2.24, 2.45) is 5.10 Å². The van der Waals surface area contributed by atoms with Crippen molar-refractivity contribution >= 4 is 45.8 Å². The van der Waals surface area contributed by atoms with Gasteiger partial charge in [-0.15, -0.1) is 11.3 Å². The molecule has 0 aliphatic carbocycles. The highest BCUT2D eigenvalue weighted by Crippen LogP contribution is 2.34. The van der Waals surface area contributed by atoms with Crippen LogP contribution in [0.4, 0.5) is 4.39 Å². The molecule has 174 valence electrons. The van der Waals surface area contributed by atoms with Gasteiger partial charge in [0, 0.05) is 6.42 Å². The lowest BCUT2D eigenvalue weighted by atomic mass is 10.0. The van der Waals surface area contributed by atoms with Gasteiger partial charge in [0.15, 0.2) is 10.8 Å². The molecule has 0 radical (unpaired) electrons. The van der Waals surface area contributed by atoms with E-state index in [9.17, 15) is 19.1 Å². The lowest BCUT2D eigenvalue weighted by Gasteiger charge is -2.21. The first-order valence-corrected chi connectivity index (χ1v) is 12.3. The molecule has 1 aliphatic rings. The van der Waals surface area contributed by atoms with Gasteiger partial charge >= 0.3 is 0 Å². The van der Waals surface area contributed by atoms with E-state index in [4.69, 9.17) is 0 Å². The number of halogens is 1. The minimum Gasteiger partial charge on any atom is -0.394 e. The molecule has 1 aromatic carbocycles. The minimum atomic E-state index is -0.368. The van der Waals surface area contributed by atoms with Gasteiger partial charge in [-0.2, -0.15) is 10.2 Å². The molecule has 1 aliphatic heterocycles. The van der Waals surface area contributed by atoms with Crippen molar-refractivity contribution < 1.29 is 14.3 Å². The van der Waals surface area contributed by atoms with E-state index < -0.39 is 0 Å². The van der Waals surface area contributed by atoms with E-state index in [0.717, 1.165) is 27.9 Å². The molecule has 1 amide bonds. The van der Waals surface area contributed by atoms with Crippen LogP contribution in [0.15, 0.2) is 63.0 Å². The number of aliphatic hydroxyl groups excluding tert-OH is 1. The number of hydrogen-bond donors (Lipinski definition) is 2. The van der Waals surface area contributed by atoms with Crippen LogP contribution >= 0.6 is 23.1 Å². The Morgan fingerprint density at radius 1 is 1.29 bits per heavy atom. The number of carbonyl (C=O) groups is 1. The van der Waals surface area contributed by atoms with E-state index in [1.165, 1.54) is 28.0 Å². The molecule has 0 spiro atoms. The van der Waals surface area contributed by atoms with Gasteiger partial charge in [-0.1, -0.05) is 30.0 Å². The van der Waals surface area contributed by atoms with E-state index in [1.807, 2.05) is 17.5 Å². The molecule has 4 aromatic rings. The van der Waals surface area contributed by atoms with Gasteiger partial charge in [0.25, 0.3) is 11.5 Å². The summed E-state index contributed by atoms with van der Waals surface area (Å²) in [4.78, 5) is 33.6. The van der Waals surface area contributed by atoms with Crippen LogP contribution in [0.2, 0.25) is 0 Å². The molecule has 0 unspecified atom stereocenters. The molecule has 34 heavy (non-hydrogen) atoms. The molecule has 0 saturated carbocycles. The predicted molar refractivity (Wildman–Crippen MR) is 127 cm³/mol. The number of carbonyl (C=O) groups excluding carboxylic acids is 1. The molecule has 9 nitrogen and oxygen atoms in total. The standard InChI is InChI=1S/C22H19FN6O3S2/c23-14-5-3-13(4-6-14)17-10-16(18-2-1-9-33-18)27-29(17)19(31)12-34-22-25-20-15(21(32)26-22)11-24-28(20)7-8-30/h1-6,9,11,17,30H,7-8,10,12H2,(H,25,26,32)/t17-/m1/s1. The van der Waals surface area contributed by atoms with Crippen LogP contribution < -0.4 is 5.56 Å². The van der Waals surface area contributed by atoms with E-state index in [0.29, 0.717) is 17.5 Å². The number of amides is 1. The van der Waals surface area contributed by atoms with Crippen LogP contribution in [-0.2, 0) is 11.3 Å². The smallest absolute Gasteiger partial charge is 0.262 e. The molecular weight excluding hydrogens is 479 g/mol. The van der Waals surface area contributed by atoms with Gasteiger partial charge in [-0.25, -0.2) is 19.1 Å². The van der Waals surface area contributed by atoms with Crippen LogP contribution in [0.1, 0.15) is 22.9 Å². The number of hydrazone groups is 1. The molecule has 4 heterocycles. The molecule has 0 fully saturated rings. The first-order chi connectivity index (χ1) is 16.5. The summed E-state index contributed by atoms with van der Waals surface area (Å²) in [6.07, 6.45) is 1.92. The fourth-order valence-electron chi connectivity index (χ4n) is 3.74. The number of benzene rings is 1. The number of thiophene rings is 1. The fourth-order valence-corrected chi connectivity index (χ4v) is 5.17. The number of thioether (sulfide) groups is 1. The predicted octanol–water partition coefficient (Wildman–Crippen LogP) is 2.78. The van der Waals surface area contributed by atoms with Crippen molar-refractivity contribution in [2.45, 2.75) is 24.2 Å². The topological polar surface area (TPSA) is 116 Å². The maximum atomic E-state index is 13.5.